The van der Waals surface area contributed by atoms with Crippen molar-refractivity contribution >= 4 is 28.8 Å². The van der Waals surface area contributed by atoms with E-state index in [1.165, 1.54) is 25.3 Å². The topological polar surface area (TPSA) is 67.9 Å². The van der Waals surface area contributed by atoms with Crippen LogP contribution in [0.5, 0.6) is 11.5 Å². The van der Waals surface area contributed by atoms with Gasteiger partial charge in [0.1, 0.15) is 23.0 Å². The minimum Gasteiger partial charge on any atom is -0.497 e. The third kappa shape index (κ3) is 4.05. The number of hydrogen-bond donors (Lipinski definition) is 1. The van der Waals surface area contributed by atoms with Crippen LogP contribution in [0.2, 0.25) is 0 Å². The first kappa shape index (κ1) is 21.1. The summed E-state index contributed by atoms with van der Waals surface area (Å²) in [5.74, 6) is -0.218. The Balaban J connectivity index is 1.77. The zero-order valence-corrected chi connectivity index (χ0v) is 17.6. The third-order valence-electron chi connectivity index (χ3n) is 4.96. The lowest BCUT2D eigenvalue weighted by Crippen LogP contribution is -2.32. The van der Waals surface area contributed by atoms with Gasteiger partial charge in [0.25, 0.3) is 11.8 Å². The quantitative estimate of drug-likeness (QED) is 0.552. The molecule has 0 saturated heterocycles. The van der Waals surface area contributed by atoms with Gasteiger partial charge in [-0.1, -0.05) is 18.2 Å². The van der Waals surface area contributed by atoms with E-state index in [1.807, 2.05) is 6.92 Å². The SMILES string of the molecule is CCOc1ccc(C2=C(Nc3cccc(F)c3)C(=O)N(c3ccc(OC)cc3)C2=O)cc1. The Bertz CT molecular complexity index is 1190. The maximum atomic E-state index is 13.7. The first-order valence-electron chi connectivity index (χ1n) is 10.0. The first-order chi connectivity index (χ1) is 15.5. The number of anilines is 2. The van der Waals surface area contributed by atoms with Gasteiger partial charge in [-0.15, -0.1) is 0 Å². The van der Waals surface area contributed by atoms with Crippen molar-refractivity contribution in [2.75, 3.05) is 23.9 Å². The third-order valence-corrected chi connectivity index (χ3v) is 4.96. The Morgan fingerprint density at radius 2 is 1.59 bits per heavy atom. The van der Waals surface area contributed by atoms with Gasteiger partial charge in [-0.3, -0.25) is 9.59 Å². The van der Waals surface area contributed by atoms with Crippen molar-refractivity contribution in [1.29, 1.82) is 0 Å². The molecular weight excluding hydrogens is 411 g/mol. The molecule has 0 spiro atoms. The van der Waals surface area contributed by atoms with Crippen LogP contribution in [-0.4, -0.2) is 25.5 Å². The van der Waals surface area contributed by atoms with Gasteiger partial charge >= 0.3 is 0 Å². The number of nitrogens with zero attached hydrogens (tertiary/aromatic N) is 1. The number of benzene rings is 3. The Morgan fingerprint density at radius 3 is 2.22 bits per heavy atom. The number of methoxy groups -OCH3 is 1. The maximum absolute atomic E-state index is 13.7. The van der Waals surface area contributed by atoms with Crippen molar-refractivity contribution in [3.63, 3.8) is 0 Å². The fraction of sp³-hybridized carbons (Fsp3) is 0.120. The summed E-state index contributed by atoms with van der Waals surface area (Å²) in [4.78, 5) is 27.9. The van der Waals surface area contributed by atoms with E-state index in [4.69, 9.17) is 9.47 Å². The highest BCUT2D eigenvalue weighted by Crippen LogP contribution is 2.35. The van der Waals surface area contributed by atoms with Crippen LogP contribution in [-0.2, 0) is 9.59 Å². The van der Waals surface area contributed by atoms with E-state index in [9.17, 15) is 14.0 Å². The lowest BCUT2D eigenvalue weighted by molar-refractivity contribution is -0.120. The number of rotatable bonds is 7. The Hall–Kier alpha value is -4.13. The molecule has 6 nitrogen and oxygen atoms in total. The molecule has 0 aromatic heterocycles. The molecule has 1 aliphatic heterocycles. The second-order valence-corrected chi connectivity index (χ2v) is 6.99. The average Bonchev–Trinajstić information content (AvgIpc) is 3.04. The summed E-state index contributed by atoms with van der Waals surface area (Å²) in [6.07, 6.45) is 0. The lowest BCUT2D eigenvalue weighted by Gasteiger charge is -2.16. The summed E-state index contributed by atoms with van der Waals surface area (Å²) in [5.41, 5.74) is 1.57. The number of ether oxygens (including phenoxy) is 2. The maximum Gasteiger partial charge on any atom is 0.282 e. The summed E-state index contributed by atoms with van der Waals surface area (Å²) >= 11 is 0. The number of imide groups is 1. The number of nitrogens with one attached hydrogen (secondary N) is 1. The van der Waals surface area contributed by atoms with Gasteiger partial charge in [0.15, 0.2) is 0 Å². The number of carbonyl (C=O) groups is 2. The average molecular weight is 432 g/mol. The second-order valence-electron chi connectivity index (χ2n) is 6.99. The smallest absolute Gasteiger partial charge is 0.282 e. The van der Waals surface area contributed by atoms with E-state index in [0.29, 0.717) is 35.0 Å². The van der Waals surface area contributed by atoms with E-state index in [2.05, 4.69) is 5.32 Å². The van der Waals surface area contributed by atoms with Gasteiger partial charge in [-0.25, -0.2) is 9.29 Å². The molecule has 0 aliphatic carbocycles. The number of carbonyl (C=O) groups excluding carboxylic acids is 2. The predicted octanol–water partition coefficient (Wildman–Crippen LogP) is 4.63. The van der Waals surface area contributed by atoms with Crippen LogP contribution in [0.15, 0.2) is 78.5 Å². The molecule has 7 heteroatoms. The first-order valence-corrected chi connectivity index (χ1v) is 10.0. The van der Waals surface area contributed by atoms with Crippen molar-refractivity contribution in [3.8, 4) is 11.5 Å². The molecule has 0 unspecified atom stereocenters. The molecule has 0 atom stereocenters. The number of halogens is 1. The van der Waals surface area contributed by atoms with Gasteiger partial charge in [-0.05, 0) is 67.1 Å². The van der Waals surface area contributed by atoms with Gasteiger partial charge in [0.05, 0.1) is 25.0 Å². The predicted molar refractivity (Wildman–Crippen MR) is 120 cm³/mol. The molecule has 1 heterocycles. The standard InChI is InChI=1S/C25H21FN2O4/c1-3-32-21-11-7-16(8-12-21)22-23(27-18-6-4-5-17(26)15-18)25(30)28(24(22)29)19-9-13-20(31-2)14-10-19/h4-15,27H,3H2,1-2H3. The highest BCUT2D eigenvalue weighted by atomic mass is 19.1. The highest BCUT2D eigenvalue weighted by Gasteiger charge is 2.40. The van der Waals surface area contributed by atoms with Gasteiger partial charge in [0, 0.05) is 5.69 Å². The van der Waals surface area contributed by atoms with Crippen LogP contribution in [0.25, 0.3) is 5.57 Å². The van der Waals surface area contributed by atoms with E-state index >= 15 is 0 Å². The second kappa shape index (κ2) is 8.93. The zero-order valence-electron chi connectivity index (χ0n) is 17.6. The van der Waals surface area contributed by atoms with E-state index in [0.717, 1.165) is 4.90 Å². The molecule has 162 valence electrons. The summed E-state index contributed by atoms with van der Waals surface area (Å²) < 4.78 is 24.4. The van der Waals surface area contributed by atoms with E-state index in [1.54, 1.807) is 54.6 Å². The van der Waals surface area contributed by atoms with Gasteiger partial charge in [0.2, 0.25) is 0 Å². The Morgan fingerprint density at radius 1 is 0.906 bits per heavy atom. The van der Waals surface area contributed by atoms with E-state index < -0.39 is 17.6 Å². The molecule has 0 saturated carbocycles. The summed E-state index contributed by atoms with van der Waals surface area (Å²) in [5, 5.41) is 2.94. The molecule has 1 N–H and O–H groups in total. The van der Waals surface area contributed by atoms with Crippen molar-refractivity contribution < 1.29 is 23.5 Å². The lowest BCUT2D eigenvalue weighted by atomic mass is 10.0. The van der Waals surface area contributed by atoms with Crippen molar-refractivity contribution in [2.45, 2.75) is 6.92 Å². The van der Waals surface area contributed by atoms with Gasteiger partial charge < -0.3 is 14.8 Å². The minimum atomic E-state index is -0.534. The number of hydrogen-bond acceptors (Lipinski definition) is 5. The van der Waals surface area contributed by atoms with Crippen LogP contribution < -0.4 is 19.7 Å². The largest absolute Gasteiger partial charge is 0.497 e. The van der Waals surface area contributed by atoms with Crippen LogP contribution in [0.4, 0.5) is 15.8 Å². The van der Waals surface area contributed by atoms with Crippen molar-refractivity contribution in [1.82, 2.24) is 0 Å². The molecule has 4 rings (SSSR count). The van der Waals surface area contributed by atoms with Crippen LogP contribution >= 0.6 is 0 Å². The van der Waals surface area contributed by atoms with Crippen molar-refractivity contribution in [2.24, 2.45) is 0 Å². The monoisotopic (exact) mass is 432 g/mol. The molecule has 0 fully saturated rings. The minimum absolute atomic E-state index is 0.0700. The van der Waals surface area contributed by atoms with Crippen molar-refractivity contribution in [3.05, 3.63) is 89.9 Å². The zero-order chi connectivity index (χ0) is 22.7. The van der Waals surface area contributed by atoms with Crippen LogP contribution in [0.3, 0.4) is 0 Å². The van der Waals surface area contributed by atoms with Gasteiger partial charge in [-0.2, -0.15) is 0 Å². The molecule has 2 amide bonds. The highest BCUT2D eigenvalue weighted by molar-refractivity contribution is 6.46. The molecule has 3 aromatic rings. The molecule has 1 aliphatic rings. The summed E-state index contributed by atoms with van der Waals surface area (Å²) in [6, 6.07) is 19.2. The molecule has 0 bridgehead atoms. The van der Waals surface area contributed by atoms with Crippen LogP contribution in [0.1, 0.15) is 12.5 Å². The Labute approximate surface area is 184 Å². The molecular formula is C25H21FN2O4. The molecule has 3 aromatic carbocycles. The fourth-order valence-corrected chi connectivity index (χ4v) is 3.47. The van der Waals surface area contributed by atoms with Crippen LogP contribution in [0, 0.1) is 5.82 Å². The summed E-state index contributed by atoms with van der Waals surface area (Å²) in [6.45, 7) is 2.39. The Kier molecular flexibility index (Phi) is 5.89. The molecule has 32 heavy (non-hydrogen) atoms. The summed E-state index contributed by atoms with van der Waals surface area (Å²) in [7, 11) is 1.54. The number of amides is 2. The van der Waals surface area contributed by atoms with E-state index in [-0.39, 0.29) is 11.3 Å². The molecule has 0 radical (unpaired) electrons. The normalized spacial score (nSPS) is 13.5. The fourth-order valence-electron chi connectivity index (χ4n) is 3.47.